The standard InChI is InChI=1S/C15H24N2/c1-12-8-14(10-16-9-12)11-17-13(2)15-6-4-3-5-7-15/h8-10,13,15,17H,3-7,11H2,1-2H3/t13-/m1/s1. The molecule has 0 saturated heterocycles. The Hall–Kier alpha value is -0.890. The SMILES string of the molecule is Cc1cncc(CN[C@H](C)C2CCCCC2)c1. The molecule has 1 N–H and O–H groups in total. The van der Waals surface area contributed by atoms with Crippen molar-refractivity contribution >= 4 is 0 Å². The quantitative estimate of drug-likeness (QED) is 0.860. The zero-order valence-electron chi connectivity index (χ0n) is 11.1. The molecule has 94 valence electrons. The second-order valence-corrected chi connectivity index (χ2v) is 5.44. The summed E-state index contributed by atoms with van der Waals surface area (Å²) < 4.78 is 0. The maximum Gasteiger partial charge on any atom is 0.0313 e. The van der Waals surface area contributed by atoms with E-state index in [1.807, 2.05) is 12.4 Å². The van der Waals surface area contributed by atoms with Crippen LogP contribution in [0.5, 0.6) is 0 Å². The van der Waals surface area contributed by atoms with E-state index >= 15 is 0 Å². The largest absolute Gasteiger partial charge is 0.310 e. The summed E-state index contributed by atoms with van der Waals surface area (Å²) in [6.45, 7) is 5.38. The first-order chi connectivity index (χ1) is 8.25. The van der Waals surface area contributed by atoms with Crippen LogP contribution < -0.4 is 5.32 Å². The number of pyridine rings is 1. The van der Waals surface area contributed by atoms with Gasteiger partial charge >= 0.3 is 0 Å². The van der Waals surface area contributed by atoms with Crippen LogP contribution in [0.15, 0.2) is 18.5 Å². The number of aromatic nitrogens is 1. The third kappa shape index (κ3) is 3.81. The molecule has 1 atom stereocenters. The van der Waals surface area contributed by atoms with E-state index in [1.54, 1.807) is 0 Å². The number of rotatable bonds is 4. The molecule has 1 fully saturated rings. The van der Waals surface area contributed by atoms with Crippen molar-refractivity contribution in [2.75, 3.05) is 0 Å². The van der Waals surface area contributed by atoms with Crippen molar-refractivity contribution in [2.45, 2.75) is 58.5 Å². The molecule has 0 aliphatic heterocycles. The van der Waals surface area contributed by atoms with Gasteiger partial charge in [0.2, 0.25) is 0 Å². The number of hydrogen-bond acceptors (Lipinski definition) is 2. The van der Waals surface area contributed by atoms with Crippen LogP contribution in [-0.4, -0.2) is 11.0 Å². The molecule has 1 aromatic heterocycles. The average Bonchev–Trinajstić information content (AvgIpc) is 2.37. The van der Waals surface area contributed by atoms with Crippen LogP contribution in [0.2, 0.25) is 0 Å². The van der Waals surface area contributed by atoms with Crippen LogP contribution in [0.4, 0.5) is 0 Å². The predicted octanol–water partition coefficient (Wildman–Crippen LogP) is 3.45. The number of aryl methyl sites for hydroxylation is 1. The Balaban J connectivity index is 1.80. The maximum atomic E-state index is 4.23. The summed E-state index contributed by atoms with van der Waals surface area (Å²) in [7, 11) is 0. The predicted molar refractivity (Wildman–Crippen MR) is 71.9 cm³/mol. The Morgan fingerprint density at radius 1 is 1.29 bits per heavy atom. The van der Waals surface area contributed by atoms with E-state index in [2.05, 4.69) is 30.2 Å². The second kappa shape index (κ2) is 6.15. The normalized spacial score (nSPS) is 19.2. The zero-order valence-corrected chi connectivity index (χ0v) is 11.1. The molecule has 2 heteroatoms. The minimum atomic E-state index is 0.635. The molecule has 1 aliphatic carbocycles. The van der Waals surface area contributed by atoms with Crippen molar-refractivity contribution in [3.63, 3.8) is 0 Å². The molecule has 2 rings (SSSR count). The lowest BCUT2D eigenvalue weighted by Crippen LogP contribution is -2.34. The third-order valence-corrected chi connectivity index (χ3v) is 3.92. The van der Waals surface area contributed by atoms with E-state index in [1.165, 1.54) is 43.2 Å². The second-order valence-electron chi connectivity index (χ2n) is 5.44. The van der Waals surface area contributed by atoms with E-state index in [0.29, 0.717) is 6.04 Å². The minimum absolute atomic E-state index is 0.635. The molecular formula is C15H24N2. The first-order valence-corrected chi connectivity index (χ1v) is 6.89. The highest BCUT2D eigenvalue weighted by molar-refractivity contribution is 5.16. The van der Waals surface area contributed by atoms with Crippen molar-refractivity contribution < 1.29 is 0 Å². The number of hydrogen-bond donors (Lipinski definition) is 1. The molecule has 0 spiro atoms. The average molecular weight is 232 g/mol. The van der Waals surface area contributed by atoms with Gasteiger partial charge in [0.25, 0.3) is 0 Å². The minimum Gasteiger partial charge on any atom is -0.310 e. The fraction of sp³-hybridized carbons (Fsp3) is 0.667. The highest BCUT2D eigenvalue weighted by Gasteiger charge is 2.19. The molecule has 1 heterocycles. The lowest BCUT2D eigenvalue weighted by atomic mass is 9.84. The molecule has 17 heavy (non-hydrogen) atoms. The highest BCUT2D eigenvalue weighted by Crippen LogP contribution is 2.26. The zero-order chi connectivity index (χ0) is 12.1. The molecule has 1 aliphatic rings. The fourth-order valence-corrected chi connectivity index (χ4v) is 2.79. The molecule has 0 radical (unpaired) electrons. The summed E-state index contributed by atoms with van der Waals surface area (Å²) >= 11 is 0. The molecular weight excluding hydrogens is 208 g/mol. The fourth-order valence-electron chi connectivity index (χ4n) is 2.79. The van der Waals surface area contributed by atoms with Gasteiger partial charge in [0.05, 0.1) is 0 Å². The van der Waals surface area contributed by atoms with Gasteiger partial charge in [-0.15, -0.1) is 0 Å². The van der Waals surface area contributed by atoms with Gasteiger partial charge in [0.15, 0.2) is 0 Å². The molecule has 0 bridgehead atoms. The Labute approximate surface area is 105 Å². The lowest BCUT2D eigenvalue weighted by molar-refractivity contribution is 0.280. The summed E-state index contributed by atoms with van der Waals surface area (Å²) in [4.78, 5) is 4.23. The highest BCUT2D eigenvalue weighted by atomic mass is 14.9. The van der Waals surface area contributed by atoms with Gasteiger partial charge in [-0.3, -0.25) is 4.98 Å². The first-order valence-electron chi connectivity index (χ1n) is 6.89. The van der Waals surface area contributed by atoms with Crippen molar-refractivity contribution in [1.29, 1.82) is 0 Å². The van der Waals surface area contributed by atoms with Gasteiger partial charge in [-0.05, 0) is 43.7 Å². The lowest BCUT2D eigenvalue weighted by Gasteiger charge is -2.28. The first kappa shape index (κ1) is 12.6. The van der Waals surface area contributed by atoms with Gasteiger partial charge in [-0.1, -0.05) is 25.3 Å². The van der Waals surface area contributed by atoms with Crippen molar-refractivity contribution in [3.05, 3.63) is 29.6 Å². The Morgan fingerprint density at radius 2 is 2.06 bits per heavy atom. The maximum absolute atomic E-state index is 4.23. The van der Waals surface area contributed by atoms with E-state index in [4.69, 9.17) is 0 Å². The van der Waals surface area contributed by atoms with Crippen LogP contribution >= 0.6 is 0 Å². The van der Waals surface area contributed by atoms with E-state index in [-0.39, 0.29) is 0 Å². The van der Waals surface area contributed by atoms with E-state index in [0.717, 1.165) is 12.5 Å². The summed E-state index contributed by atoms with van der Waals surface area (Å²) in [6, 6.07) is 2.85. The van der Waals surface area contributed by atoms with Gasteiger partial charge in [-0.25, -0.2) is 0 Å². The van der Waals surface area contributed by atoms with E-state index in [9.17, 15) is 0 Å². The van der Waals surface area contributed by atoms with Crippen LogP contribution in [-0.2, 0) is 6.54 Å². The van der Waals surface area contributed by atoms with Crippen LogP contribution in [0.3, 0.4) is 0 Å². The van der Waals surface area contributed by atoms with Crippen molar-refractivity contribution in [3.8, 4) is 0 Å². The van der Waals surface area contributed by atoms with E-state index < -0.39 is 0 Å². The molecule has 0 unspecified atom stereocenters. The Kier molecular flexibility index (Phi) is 4.55. The molecule has 0 aromatic carbocycles. The summed E-state index contributed by atoms with van der Waals surface area (Å²) in [6.07, 6.45) is 11.0. The van der Waals surface area contributed by atoms with Gasteiger partial charge in [-0.2, -0.15) is 0 Å². The monoisotopic (exact) mass is 232 g/mol. The third-order valence-electron chi connectivity index (χ3n) is 3.92. The van der Waals surface area contributed by atoms with Gasteiger partial charge in [0, 0.05) is 25.0 Å². The molecule has 1 saturated carbocycles. The Morgan fingerprint density at radius 3 is 2.76 bits per heavy atom. The Bertz CT molecular complexity index is 343. The van der Waals surface area contributed by atoms with Crippen LogP contribution in [0, 0.1) is 12.8 Å². The van der Waals surface area contributed by atoms with Gasteiger partial charge < -0.3 is 5.32 Å². The summed E-state index contributed by atoms with van der Waals surface area (Å²) in [5, 5.41) is 3.66. The van der Waals surface area contributed by atoms with Crippen LogP contribution in [0.1, 0.15) is 50.2 Å². The van der Waals surface area contributed by atoms with Crippen LogP contribution in [0.25, 0.3) is 0 Å². The number of nitrogens with one attached hydrogen (secondary N) is 1. The molecule has 1 aromatic rings. The molecule has 0 amide bonds. The topological polar surface area (TPSA) is 24.9 Å². The number of nitrogens with zero attached hydrogens (tertiary/aromatic N) is 1. The van der Waals surface area contributed by atoms with Crippen molar-refractivity contribution in [2.24, 2.45) is 5.92 Å². The summed E-state index contributed by atoms with van der Waals surface area (Å²) in [5.41, 5.74) is 2.54. The molecule has 2 nitrogen and oxygen atoms in total. The van der Waals surface area contributed by atoms with Crippen molar-refractivity contribution in [1.82, 2.24) is 10.3 Å². The smallest absolute Gasteiger partial charge is 0.0313 e. The van der Waals surface area contributed by atoms with Gasteiger partial charge in [0.1, 0.15) is 0 Å². The summed E-state index contributed by atoms with van der Waals surface area (Å²) in [5.74, 6) is 0.876.